The fourth-order valence-electron chi connectivity index (χ4n) is 5.24. The molecule has 2 aromatic rings. The first kappa shape index (κ1) is 27.8. The summed E-state index contributed by atoms with van der Waals surface area (Å²) in [5.41, 5.74) is -2.17. The van der Waals surface area contributed by atoms with Gasteiger partial charge in [-0.1, -0.05) is 6.92 Å². The molecule has 9 nitrogen and oxygen atoms in total. The van der Waals surface area contributed by atoms with E-state index in [2.05, 4.69) is 20.5 Å². The van der Waals surface area contributed by atoms with Gasteiger partial charge >= 0.3 is 6.18 Å². The van der Waals surface area contributed by atoms with Crippen LogP contribution in [-0.2, 0) is 4.79 Å². The first-order valence-corrected chi connectivity index (χ1v) is 12.6. The number of piperidine rings is 1. The van der Waals surface area contributed by atoms with Crippen molar-refractivity contribution in [3.63, 3.8) is 0 Å². The number of nitrogens with zero attached hydrogens (tertiary/aromatic N) is 3. The Morgan fingerprint density at radius 1 is 1.26 bits per heavy atom. The number of amides is 2. The molecule has 0 aromatic carbocycles. The lowest BCUT2D eigenvalue weighted by Gasteiger charge is -2.40. The van der Waals surface area contributed by atoms with Crippen LogP contribution in [0.1, 0.15) is 62.4 Å². The lowest BCUT2D eigenvalue weighted by atomic mass is 9.81. The molecule has 1 aliphatic carbocycles. The number of hydrogen-bond donors (Lipinski definition) is 3. The van der Waals surface area contributed by atoms with Gasteiger partial charge in [0.2, 0.25) is 11.8 Å². The van der Waals surface area contributed by atoms with E-state index in [1.807, 2.05) is 6.92 Å². The zero-order valence-corrected chi connectivity index (χ0v) is 21.1. The van der Waals surface area contributed by atoms with Gasteiger partial charge in [-0.2, -0.15) is 18.3 Å². The van der Waals surface area contributed by atoms with Gasteiger partial charge in [0.15, 0.2) is 11.4 Å². The number of aliphatic hydroxyl groups is 1. The Labute approximate surface area is 217 Å². The molecule has 0 spiro atoms. The van der Waals surface area contributed by atoms with E-state index in [1.165, 1.54) is 19.2 Å². The number of pyridine rings is 1. The van der Waals surface area contributed by atoms with Crippen LogP contribution in [0.25, 0.3) is 11.3 Å². The van der Waals surface area contributed by atoms with Crippen LogP contribution in [-0.4, -0.2) is 74.5 Å². The molecular weight excluding hydrogens is 510 g/mol. The molecule has 3 heterocycles. The van der Waals surface area contributed by atoms with Crippen molar-refractivity contribution in [3.8, 4) is 17.1 Å². The molecule has 2 fully saturated rings. The number of aromatic nitrogens is 3. The molecule has 208 valence electrons. The van der Waals surface area contributed by atoms with Crippen LogP contribution < -0.4 is 10.1 Å². The first-order valence-electron chi connectivity index (χ1n) is 12.6. The predicted octanol–water partition coefficient (Wildman–Crippen LogP) is 3.60. The van der Waals surface area contributed by atoms with Crippen molar-refractivity contribution in [1.29, 1.82) is 0 Å². The molecule has 1 saturated carbocycles. The molecule has 4 rings (SSSR count). The van der Waals surface area contributed by atoms with E-state index in [9.17, 15) is 32.3 Å². The van der Waals surface area contributed by atoms with Crippen molar-refractivity contribution in [3.05, 3.63) is 29.8 Å². The van der Waals surface area contributed by atoms with Crippen LogP contribution in [0.15, 0.2) is 18.3 Å². The lowest BCUT2D eigenvalue weighted by Crippen LogP contribution is -2.53. The molecular formula is C25H31F4N5O4. The first-order chi connectivity index (χ1) is 18.0. The topological polar surface area (TPSA) is 120 Å². The van der Waals surface area contributed by atoms with E-state index in [0.29, 0.717) is 25.8 Å². The SMILES string of the molecule is CCC1CC(C(=O)NC2CCC(O)(C(F)(F)F)CC2)CCN1C(=O)c1cc(-c2cc(OC)ncc2F)n[nH]1. The third kappa shape index (κ3) is 5.62. The Morgan fingerprint density at radius 3 is 2.61 bits per heavy atom. The molecule has 13 heteroatoms. The van der Waals surface area contributed by atoms with E-state index in [4.69, 9.17) is 4.74 Å². The zero-order chi connectivity index (χ0) is 27.7. The number of H-pyrrole nitrogens is 1. The third-order valence-corrected chi connectivity index (χ3v) is 7.63. The molecule has 2 atom stereocenters. The third-order valence-electron chi connectivity index (χ3n) is 7.63. The van der Waals surface area contributed by atoms with Crippen LogP contribution in [0.5, 0.6) is 5.88 Å². The van der Waals surface area contributed by atoms with Crippen LogP contribution in [0.4, 0.5) is 17.6 Å². The number of alkyl halides is 3. The van der Waals surface area contributed by atoms with Crippen LogP contribution in [0.2, 0.25) is 0 Å². The van der Waals surface area contributed by atoms with E-state index >= 15 is 0 Å². The summed E-state index contributed by atoms with van der Waals surface area (Å²) in [6.45, 7) is 2.21. The Bertz CT molecular complexity index is 1160. The van der Waals surface area contributed by atoms with Gasteiger partial charge in [0.25, 0.3) is 5.91 Å². The molecule has 0 radical (unpaired) electrons. The number of nitrogens with one attached hydrogen (secondary N) is 2. The molecule has 1 aliphatic heterocycles. The van der Waals surface area contributed by atoms with Crippen molar-refractivity contribution in [2.45, 2.75) is 75.7 Å². The number of likely N-dealkylation sites (tertiary alicyclic amines) is 1. The Morgan fingerprint density at radius 2 is 1.97 bits per heavy atom. The molecule has 38 heavy (non-hydrogen) atoms. The summed E-state index contributed by atoms with van der Waals surface area (Å²) in [6.07, 6.45) is -3.10. The second kappa shape index (κ2) is 10.9. The maximum atomic E-state index is 14.3. The van der Waals surface area contributed by atoms with E-state index in [-0.39, 0.29) is 59.4 Å². The summed E-state index contributed by atoms with van der Waals surface area (Å²) in [6, 6.07) is 2.17. The van der Waals surface area contributed by atoms with Crippen molar-refractivity contribution < 1.29 is 37.0 Å². The van der Waals surface area contributed by atoms with Gasteiger partial charge in [-0.05, 0) is 51.0 Å². The summed E-state index contributed by atoms with van der Waals surface area (Å²) in [5.74, 6) is -1.37. The number of aromatic amines is 1. The highest BCUT2D eigenvalue weighted by atomic mass is 19.4. The van der Waals surface area contributed by atoms with Crippen molar-refractivity contribution >= 4 is 11.8 Å². The fraction of sp³-hybridized carbons (Fsp3) is 0.600. The van der Waals surface area contributed by atoms with Gasteiger partial charge in [-0.25, -0.2) is 9.37 Å². The number of carbonyl (C=O) groups excluding carboxylic acids is 2. The van der Waals surface area contributed by atoms with Gasteiger partial charge in [-0.15, -0.1) is 0 Å². The molecule has 2 aromatic heterocycles. The minimum absolute atomic E-state index is 0.0440. The maximum Gasteiger partial charge on any atom is 0.417 e. The van der Waals surface area contributed by atoms with Crippen molar-refractivity contribution in [2.24, 2.45) is 5.92 Å². The zero-order valence-electron chi connectivity index (χ0n) is 21.1. The summed E-state index contributed by atoms with van der Waals surface area (Å²) >= 11 is 0. The largest absolute Gasteiger partial charge is 0.481 e. The van der Waals surface area contributed by atoms with E-state index < -0.39 is 36.5 Å². The highest BCUT2D eigenvalue weighted by molar-refractivity contribution is 5.94. The second-order valence-electron chi connectivity index (χ2n) is 9.97. The quantitative estimate of drug-likeness (QED) is 0.481. The predicted molar refractivity (Wildman–Crippen MR) is 128 cm³/mol. The molecule has 3 N–H and O–H groups in total. The van der Waals surface area contributed by atoms with E-state index in [1.54, 1.807) is 4.90 Å². The summed E-state index contributed by atoms with van der Waals surface area (Å²) in [5, 5.41) is 19.4. The van der Waals surface area contributed by atoms with Gasteiger partial charge < -0.3 is 20.1 Å². The molecule has 2 unspecified atom stereocenters. The normalized spacial score (nSPS) is 26.2. The number of methoxy groups -OCH3 is 1. The number of hydrogen-bond acceptors (Lipinski definition) is 6. The standard InChI is InChI=1S/C25H31F4N5O4/c1-3-16-10-14(22(35)31-15-4-7-24(37,8-5-15)25(27,28)29)6-9-34(16)23(36)20-12-19(32-33-20)17-11-21(38-2)30-13-18(17)26/h11-16,37H,3-10H2,1-2H3,(H,31,35)(H,32,33). The Hall–Kier alpha value is -3.22. The summed E-state index contributed by atoms with van der Waals surface area (Å²) in [4.78, 5) is 31.6. The Balaban J connectivity index is 1.36. The average Bonchev–Trinajstić information content (AvgIpc) is 3.39. The molecule has 2 amide bonds. The molecule has 0 bridgehead atoms. The maximum absolute atomic E-state index is 14.3. The highest BCUT2D eigenvalue weighted by Crippen LogP contribution is 2.41. The smallest absolute Gasteiger partial charge is 0.417 e. The molecule has 1 saturated heterocycles. The Kier molecular flexibility index (Phi) is 7.96. The van der Waals surface area contributed by atoms with E-state index in [0.717, 1.165) is 6.20 Å². The van der Waals surface area contributed by atoms with Crippen molar-refractivity contribution in [2.75, 3.05) is 13.7 Å². The highest BCUT2D eigenvalue weighted by Gasteiger charge is 2.54. The average molecular weight is 542 g/mol. The van der Waals surface area contributed by atoms with Crippen molar-refractivity contribution in [1.82, 2.24) is 25.4 Å². The molecule has 2 aliphatic rings. The number of carbonyl (C=O) groups is 2. The van der Waals surface area contributed by atoms with Gasteiger partial charge in [0.1, 0.15) is 5.69 Å². The second-order valence-corrected chi connectivity index (χ2v) is 9.97. The number of halogens is 4. The van der Waals surface area contributed by atoms with Gasteiger partial charge in [0.05, 0.1) is 19.0 Å². The van der Waals surface area contributed by atoms with Crippen LogP contribution in [0.3, 0.4) is 0 Å². The summed E-state index contributed by atoms with van der Waals surface area (Å²) < 4.78 is 58.5. The minimum atomic E-state index is -4.69. The summed E-state index contributed by atoms with van der Waals surface area (Å²) in [7, 11) is 1.40. The lowest BCUT2D eigenvalue weighted by molar-refractivity contribution is -0.270. The van der Waals surface area contributed by atoms with Gasteiger partial charge in [-0.3, -0.25) is 14.7 Å². The van der Waals surface area contributed by atoms with Crippen LogP contribution in [0, 0.1) is 11.7 Å². The van der Waals surface area contributed by atoms with Crippen LogP contribution >= 0.6 is 0 Å². The monoisotopic (exact) mass is 541 g/mol. The number of ether oxygens (including phenoxy) is 1. The number of rotatable bonds is 6. The fourth-order valence-corrected chi connectivity index (χ4v) is 5.24. The van der Waals surface area contributed by atoms with Gasteiger partial charge in [0, 0.05) is 36.2 Å². The minimum Gasteiger partial charge on any atom is -0.481 e.